The molecule has 0 radical (unpaired) electrons. The lowest BCUT2D eigenvalue weighted by molar-refractivity contribution is -0.139. The molecule has 1 atom stereocenters. The molecule has 2 N–H and O–H groups in total. The van der Waals surface area contributed by atoms with Gasteiger partial charge in [-0.15, -0.1) is 0 Å². The molecule has 146 valence electrons. The molecule has 0 saturated heterocycles. The Bertz CT molecular complexity index is 752. The number of ether oxygens (including phenoxy) is 2. The standard InChI is InChI=1S/C19H25N3O5/c1-19(2,3)27-18(25)21-16(17(23)24)9-15-10-22(12-20-15)13-26-11-14-7-5-4-6-8-14/h4-8,10,12,16H,9,11,13H2,1-3H3,(H,21,25)(H,23,24). The summed E-state index contributed by atoms with van der Waals surface area (Å²) in [4.78, 5) is 27.4. The molecule has 8 nitrogen and oxygen atoms in total. The monoisotopic (exact) mass is 375 g/mol. The van der Waals surface area contributed by atoms with Crippen LogP contribution in [0.2, 0.25) is 0 Å². The van der Waals surface area contributed by atoms with Crippen LogP contribution in [0, 0.1) is 0 Å². The maximum absolute atomic E-state index is 11.8. The van der Waals surface area contributed by atoms with Crippen LogP contribution in [0.15, 0.2) is 42.9 Å². The number of imidazole rings is 1. The third kappa shape index (κ3) is 7.49. The van der Waals surface area contributed by atoms with Crippen LogP contribution in [0.1, 0.15) is 32.0 Å². The van der Waals surface area contributed by atoms with E-state index in [2.05, 4.69) is 10.3 Å². The molecule has 1 unspecified atom stereocenters. The topological polar surface area (TPSA) is 103 Å². The summed E-state index contributed by atoms with van der Waals surface area (Å²) < 4.78 is 12.4. The normalized spacial score (nSPS) is 12.4. The third-order valence-electron chi connectivity index (χ3n) is 3.44. The summed E-state index contributed by atoms with van der Waals surface area (Å²) in [6, 6.07) is 8.64. The van der Waals surface area contributed by atoms with Crippen molar-refractivity contribution in [2.24, 2.45) is 0 Å². The van der Waals surface area contributed by atoms with Crippen molar-refractivity contribution in [3.8, 4) is 0 Å². The van der Waals surface area contributed by atoms with Gasteiger partial charge in [0.25, 0.3) is 0 Å². The maximum Gasteiger partial charge on any atom is 0.408 e. The zero-order valence-corrected chi connectivity index (χ0v) is 15.7. The van der Waals surface area contributed by atoms with Gasteiger partial charge in [-0.3, -0.25) is 0 Å². The quantitative estimate of drug-likeness (QED) is 0.735. The Labute approximate surface area is 158 Å². The van der Waals surface area contributed by atoms with Crippen molar-refractivity contribution in [3.05, 3.63) is 54.1 Å². The van der Waals surface area contributed by atoms with Crippen molar-refractivity contribution in [3.63, 3.8) is 0 Å². The van der Waals surface area contributed by atoms with E-state index < -0.39 is 23.7 Å². The van der Waals surface area contributed by atoms with Crippen molar-refractivity contribution < 1.29 is 24.2 Å². The molecule has 0 aliphatic rings. The first-order valence-electron chi connectivity index (χ1n) is 8.57. The highest BCUT2D eigenvalue weighted by Crippen LogP contribution is 2.08. The van der Waals surface area contributed by atoms with Gasteiger partial charge in [0.1, 0.15) is 18.4 Å². The van der Waals surface area contributed by atoms with E-state index in [-0.39, 0.29) is 6.42 Å². The molecule has 1 aromatic heterocycles. The number of amides is 1. The molecule has 0 fully saturated rings. The Balaban J connectivity index is 1.86. The van der Waals surface area contributed by atoms with E-state index in [4.69, 9.17) is 9.47 Å². The number of rotatable bonds is 8. The molecule has 0 aliphatic heterocycles. The molecule has 0 spiro atoms. The number of carboxylic acid groups (broad SMARTS) is 1. The number of alkyl carbamates (subject to hydrolysis) is 1. The number of carboxylic acids is 1. The first-order valence-corrected chi connectivity index (χ1v) is 8.57. The van der Waals surface area contributed by atoms with E-state index in [1.165, 1.54) is 0 Å². The SMILES string of the molecule is CC(C)(C)OC(=O)NC(Cc1cn(COCc2ccccc2)cn1)C(=O)O. The predicted molar refractivity (Wildman–Crippen MR) is 98.0 cm³/mol. The maximum atomic E-state index is 11.8. The smallest absolute Gasteiger partial charge is 0.408 e. The lowest BCUT2D eigenvalue weighted by Crippen LogP contribution is -2.44. The average Bonchev–Trinajstić information content (AvgIpc) is 3.01. The number of hydrogen-bond acceptors (Lipinski definition) is 5. The molecule has 0 saturated carbocycles. The third-order valence-corrected chi connectivity index (χ3v) is 3.44. The number of nitrogens with zero attached hydrogens (tertiary/aromatic N) is 2. The van der Waals surface area contributed by atoms with Gasteiger partial charge >= 0.3 is 12.1 Å². The van der Waals surface area contributed by atoms with Gasteiger partial charge in [0, 0.05) is 12.6 Å². The molecule has 1 aromatic carbocycles. The Morgan fingerprint density at radius 2 is 1.96 bits per heavy atom. The van der Waals surface area contributed by atoms with Crippen LogP contribution in [0.5, 0.6) is 0 Å². The van der Waals surface area contributed by atoms with Crippen LogP contribution >= 0.6 is 0 Å². The summed E-state index contributed by atoms with van der Waals surface area (Å²) in [5.74, 6) is -1.16. The first-order chi connectivity index (χ1) is 12.7. The van der Waals surface area contributed by atoms with Crippen LogP contribution in [0.4, 0.5) is 4.79 Å². The number of benzene rings is 1. The molecule has 2 aromatic rings. The summed E-state index contributed by atoms with van der Waals surface area (Å²) in [7, 11) is 0. The summed E-state index contributed by atoms with van der Waals surface area (Å²) in [6.07, 6.45) is 2.52. The second-order valence-electron chi connectivity index (χ2n) is 7.08. The van der Waals surface area contributed by atoms with Crippen molar-refractivity contribution >= 4 is 12.1 Å². The van der Waals surface area contributed by atoms with E-state index in [0.717, 1.165) is 5.56 Å². The van der Waals surface area contributed by atoms with E-state index in [0.29, 0.717) is 19.0 Å². The van der Waals surface area contributed by atoms with Gasteiger partial charge in [-0.1, -0.05) is 30.3 Å². The Hall–Kier alpha value is -2.87. The highest BCUT2D eigenvalue weighted by atomic mass is 16.6. The van der Waals surface area contributed by atoms with E-state index in [1.54, 1.807) is 37.9 Å². The second-order valence-corrected chi connectivity index (χ2v) is 7.08. The van der Waals surface area contributed by atoms with Crippen molar-refractivity contribution in [1.29, 1.82) is 0 Å². The van der Waals surface area contributed by atoms with Crippen molar-refractivity contribution in [2.75, 3.05) is 0 Å². The van der Waals surface area contributed by atoms with Gasteiger partial charge in [0.05, 0.1) is 18.6 Å². The van der Waals surface area contributed by atoms with Crippen LogP contribution in [-0.4, -0.2) is 38.4 Å². The molecule has 27 heavy (non-hydrogen) atoms. The Morgan fingerprint density at radius 1 is 1.26 bits per heavy atom. The van der Waals surface area contributed by atoms with Crippen molar-refractivity contribution in [2.45, 2.75) is 52.2 Å². The van der Waals surface area contributed by atoms with Crippen LogP contribution in [0.3, 0.4) is 0 Å². The van der Waals surface area contributed by atoms with Gasteiger partial charge < -0.3 is 24.5 Å². The molecule has 0 aliphatic carbocycles. The van der Waals surface area contributed by atoms with Gasteiger partial charge in [-0.05, 0) is 26.3 Å². The number of aromatic nitrogens is 2. The van der Waals surface area contributed by atoms with Gasteiger partial charge in [0.2, 0.25) is 0 Å². The highest BCUT2D eigenvalue weighted by molar-refractivity contribution is 5.80. The molecule has 0 bridgehead atoms. The van der Waals surface area contributed by atoms with Crippen LogP contribution < -0.4 is 5.32 Å². The minimum Gasteiger partial charge on any atom is -0.480 e. The largest absolute Gasteiger partial charge is 0.480 e. The lowest BCUT2D eigenvalue weighted by Gasteiger charge is -2.21. The van der Waals surface area contributed by atoms with Gasteiger partial charge in [-0.25, -0.2) is 14.6 Å². The van der Waals surface area contributed by atoms with Gasteiger partial charge in [-0.2, -0.15) is 0 Å². The van der Waals surface area contributed by atoms with Crippen molar-refractivity contribution in [1.82, 2.24) is 14.9 Å². The zero-order chi connectivity index (χ0) is 19.9. The summed E-state index contributed by atoms with van der Waals surface area (Å²) in [5.41, 5.74) is 0.886. The summed E-state index contributed by atoms with van der Waals surface area (Å²) in [6.45, 7) is 5.88. The highest BCUT2D eigenvalue weighted by Gasteiger charge is 2.24. The van der Waals surface area contributed by atoms with E-state index >= 15 is 0 Å². The number of carbonyl (C=O) groups is 2. The molecule has 2 rings (SSSR count). The number of hydrogen-bond donors (Lipinski definition) is 2. The Kier molecular flexibility index (Phi) is 6.95. The molecule has 8 heteroatoms. The fourth-order valence-corrected chi connectivity index (χ4v) is 2.28. The molecule has 1 amide bonds. The predicted octanol–water partition coefficient (Wildman–Crippen LogP) is 2.58. The minimum atomic E-state index is -1.16. The van der Waals surface area contributed by atoms with E-state index in [1.807, 2.05) is 30.3 Å². The fraction of sp³-hybridized carbons (Fsp3) is 0.421. The number of aliphatic carboxylic acids is 1. The summed E-state index contributed by atoms with van der Waals surface area (Å²) in [5, 5.41) is 11.7. The Morgan fingerprint density at radius 3 is 2.59 bits per heavy atom. The number of carbonyl (C=O) groups excluding carboxylic acids is 1. The zero-order valence-electron chi connectivity index (χ0n) is 15.7. The summed E-state index contributed by atoms with van der Waals surface area (Å²) >= 11 is 0. The van der Waals surface area contributed by atoms with E-state index in [9.17, 15) is 14.7 Å². The molecular formula is C19H25N3O5. The molecular weight excluding hydrogens is 350 g/mol. The second kappa shape index (κ2) is 9.18. The first kappa shape index (κ1) is 20.4. The van der Waals surface area contributed by atoms with Crippen LogP contribution in [0.25, 0.3) is 0 Å². The van der Waals surface area contributed by atoms with Gasteiger partial charge in [0.15, 0.2) is 0 Å². The lowest BCUT2D eigenvalue weighted by atomic mass is 10.1. The number of nitrogens with one attached hydrogen (secondary N) is 1. The minimum absolute atomic E-state index is 0.0419. The molecule has 1 heterocycles. The average molecular weight is 375 g/mol. The fourth-order valence-electron chi connectivity index (χ4n) is 2.28. The van der Waals surface area contributed by atoms with Crippen LogP contribution in [-0.2, 0) is 34.0 Å².